The number of esters is 1. The highest BCUT2D eigenvalue weighted by Crippen LogP contribution is 2.08. The second kappa shape index (κ2) is 11.0. The summed E-state index contributed by atoms with van der Waals surface area (Å²) < 4.78 is 5.17. The summed E-state index contributed by atoms with van der Waals surface area (Å²) in [7, 11) is 0. The first-order valence-electron chi connectivity index (χ1n) is 7.34. The van der Waals surface area contributed by atoms with Gasteiger partial charge in [-0.2, -0.15) is 0 Å². The van der Waals surface area contributed by atoms with Crippen molar-refractivity contribution < 1.29 is 14.3 Å². The van der Waals surface area contributed by atoms with E-state index in [-0.39, 0.29) is 11.9 Å². The van der Waals surface area contributed by atoms with E-state index in [4.69, 9.17) is 10.3 Å². The van der Waals surface area contributed by atoms with Crippen LogP contribution >= 0.6 is 0 Å². The molecule has 0 aliphatic rings. The monoisotopic (exact) mass is 298 g/mol. The van der Waals surface area contributed by atoms with E-state index in [9.17, 15) is 9.59 Å². The van der Waals surface area contributed by atoms with Gasteiger partial charge in [0, 0.05) is 30.8 Å². The van der Waals surface area contributed by atoms with E-state index < -0.39 is 5.60 Å². The van der Waals surface area contributed by atoms with Gasteiger partial charge >= 0.3 is 5.97 Å². The maximum atomic E-state index is 11.5. The first-order chi connectivity index (χ1) is 9.85. The third kappa shape index (κ3) is 14.5. The molecule has 1 N–H and O–H groups in total. The predicted molar refractivity (Wildman–Crippen MR) is 80.6 cm³/mol. The number of amides is 1. The van der Waals surface area contributed by atoms with Gasteiger partial charge in [-0.1, -0.05) is 11.5 Å². The van der Waals surface area contributed by atoms with Crippen molar-refractivity contribution in [1.29, 1.82) is 0 Å². The zero-order valence-electron chi connectivity index (χ0n) is 13.2. The Morgan fingerprint density at radius 1 is 1.14 bits per heavy atom. The average Bonchev–Trinajstić information content (AvgIpc) is 2.37. The largest absolute Gasteiger partial charge is 0.460 e. The van der Waals surface area contributed by atoms with Crippen molar-refractivity contribution in [2.45, 2.75) is 64.9 Å². The normalized spacial score (nSPS) is 10.6. The molecule has 0 saturated heterocycles. The molecule has 7 heteroatoms. The Kier molecular flexibility index (Phi) is 10.1. The Hall–Kier alpha value is -1.75. The molecule has 0 radical (unpaired) electrons. The van der Waals surface area contributed by atoms with Crippen molar-refractivity contribution >= 4 is 11.9 Å². The van der Waals surface area contributed by atoms with E-state index in [2.05, 4.69) is 15.3 Å². The lowest BCUT2D eigenvalue weighted by Crippen LogP contribution is -2.26. The fraction of sp³-hybridized carbons (Fsp3) is 0.857. The summed E-state index contributed by atoms with van der Waals surface area (Å²) in [6.45, 7) is 6.45. The lowest BCUT2D eigenvalue weighted by molar-refractivity contribution is -0.155. The van der Waals surface area contributed by atoms with E-state index in [1.807, 2.05) is 20.8 Å². The van der Waals surface area contributed by atoms with Gasteiger partial charge in [0.05, 0.1) is 0 Å². The average molecular weight is 298 g/mol. The number of hydrogen-bond acceptors (Lipinski definition) is 4. The van der Waals surface area contributed by atoms with E-state index in [0.29, 0.717) is 32.4 Å². The smallest absolute Gasteiger partial charge is 0.306 e. The van der Waals surface area contributed by atoms with E-state index >= 15 is 0 Å². The molecule has 7 nitrogen and oxygen atoms in total. The number of azide groups is 1. The molecule has 0 aromatic rings. The standard InChI is InChI=1S/C14H26N4O3/c1-14(2,3)21-13(20)9-7-10-16-12(19)8-5-4-6-11-17-18-15/h4-11H2,1-3H3,(H,16,19). The molecule has 0 unspecified atom stereocenters. The van der Waals surface area contributed by atoms with Crippen LogP contribution in [0.3, 0.4) is 0 Å². The Bertz CT molecular complexity index is 371. The first-order valence-corrected chi connectivity index (χ1v) is 7.34. The Morgan fingerprint density at radius 3 is 2.48 bits per heavy atom. The molecule has 0 aliphatic carbocycles. The van der Waals surface area contributed by atoms with Crippen LogP contribution in [0.4, 0.5) is 0 Å². The highest BCUT2D eigenvalue weighted by molar-refractivity contribution is 5.75. The van der Waals surface area contributed by atoms with Gasteiger partial charge in [-0.25, -0.2) is 0 Å². The molecule has 0 spiro atoms. The second-order valence-electron chi connectivity index (χ2n) is 5.81. The maximum absolute atomic E-state index is 11.5. The van der Waals surface area contributed by atoms with Gasteiger partial charge in [0.25, 0.3) is 0 Å². The van der Waals surface area contributed by atoms with Gasteiger partial charge < -0.3 is 10.1 Å². The van der Waals surface area contributed by atoms with Crippen LogP contribution in [0, 0.1) is 0 Å². The van der Waals surface area contributed by atoms with Crippen molar-refractivity contribution in [1.82, 2.24) is 5.32 Å². The van der Waals surface area contributed by atoms with E-state index in [1.54, 1.807) is 0 Å². The molecule has 0 fully saturated rings. The molecular weight excluding hydrogens is 272 g/mol. The second-order valence-corrected chi connectivity index (χ2v) is 5.81. The minimum Gasteiger partial charge on any atom is -0.460 e. The first kappa shape index (κ1) is 19.2. The van der Waals surface area contributed by atoms with Crippen LogP contribution in [0.15, 0.2) is 5.11 Å². The third-order valence-corrected chi connectivity index (χ3v) is 2.53. The van der Waals surface area contributed by atoms with Gasteiger partial charge in [-0.3, -0.25) is 9.59 Å². The number of nitrogens with zero attached hydrogens (tertiary/aromatic N) is 3. The molecular formula is C14H26N4O3. The van der Waals surface area contributed by atoms with Gasteiger partial charge in [0.2, 0.25) is 5.91 Å². The number of carbonyl (C=O) groups excluding carboxylic acids is 2. The zero-order chi connectivity index (χ0) is 16.1. The summed E-state index contributed by atoms with van der Waals surface area (Å²) in [6.07, 6.45) is 3.79. The fourth-order valence-corrected chi connectivity index (χ4v) is 1.63. The van der Waals surface area contributed by atoms with Crippen molar-refractivity contribution in [2.75, 3.05) is 13.1 Å². The molecule has 21 heavy (non-hydrogen) atoms. The topological polar surface area (TPSA) is 104 Å². The molecule has 1 amide bonds. The summed E-state index contributed by atoms with van der Waals surface area (Å²) in [6, 6.07) is 0. The summed E-state index contributed by atoms with van der Waals surface area (Å²) >= 11 is 0. The number of unbranched alkanes of at least 4 members (excludes halogenated alkanes) is 2. The third-order valence-electron chi connectivity index (χ3n) is 2.53. The van der Waals surface area contributed by atoms with E-state index in [0.717, 1.165) is 19.3 Å². The van der Waals surface area contributed by atoms with Gasteiger partial charge in [-0.15, -0.1) is 0 Å². The van der Waals surface area contributed by atoms with Gasteiger partial charge in [-0.05, 0) is 45.6 Å². The number of carbonyl (C=O) groups is 2. The lowest BCUT2D eigenvalue weighted by atomic mass is 10.2. The quantitative estimate of drug-likeness (QED) is 0.220. The summed E-state index contributed by atoms with van der Waals surface area (Å²) in [4.78, 5) is 25.6. The number of rotatable bonds is 10. The van der Waals surface area contributed by atoms with Crippen LogP contribution in [-0.4, -0.2) is 30.6 Å². The van der Waals surface area contributed by atoms with Crippen LogP contribution in [0.5, 0.6) is 0 Å². The van der Waals surface area contributed by atoms with E-state index in [1.165, 1.54) is 0 Å². The molecule has 120 valence electrons. The minimum absolute atomic E-state index is 0.0111. The molecule has 0 atom stereocenters. The van der Waals surface area contributed by atoms with Crippen LogP contribution in [-0.2, 0) is 14.3 Å². The summed E-state index contributed by atoms with van der Waals surface area (Å²) in [5, 5.41) is 6.20. The predicted octanol–water partition coefficient (Wildman–Crippen LogP) is 3.10. The molecule has 0 aromatic heterocycles. The highest BCUT2D eigenvalue weighted by Gasteiger charge is 2.15. The Morgan fingerprint density at radius 2 is 1.86 bits per heavy atom. The Balaban J connectivity index is 3.49. The van der Waals surface area contributed by atoms with Crippen molar-refractivity contribution in [3.05, 3.63) is 10.4 Å². The number of hydrogen-bond donors (Lipinski definition) is 1. The van der Waals surface area contributed by atoms with Crippen LogP contribution in [0.25, 0.3) is 10.4 Å². The Labute approximate surface area is 126 Å². The zero-order valence-corrected chi connectivity index (χ0v) is 13.2. The minimum atomic E-state index is -0.462. The van der Waals surface area contributed by atoms with Crippen LogP contribution < -0.4 is 5.32 Å². The molecule has 0 aromatic carbocycles. The maximum Gasteiger partial charge on any atom is 0.306 e. The molecule has 0 bridgehead atoms. The summed E-state index contributed by atoms with van der Waals surface area (Å²) in [5.41, 5.74) is 7.63. The molecule has 0 saturated carbocycles. The highest BCUT2D eigenvalue weighted by atomic mass is 16.6. The molecule has 0 rings (SSSR count). The SMILES string of the molecule is CC(C)(C)OC(=O)CCCNC(=O)CCCCCN=[N+]=[N-]. The van der Waals surface area contributed by atoms with Gasteiger partial charge in [0.15, 0.2) is 0 Å². The van der Waals surface area contributed by atoms with Crippen LogP contribution in [0.2, 0.25) is 0 Å². The van der Waals surface area contributed by atoms with Gasteiger partial charge in [0.1, 0.15) is 5.60 Å². The van der Waals surface area contributed by atoms with Crippen molar-refractivity contribution in [3.63, 3.8) is 0 Å². The number of ether oxygens (including phenoxy) is 1. The number of nitrogens with one attached hydrogen (secondary N) is 1. The molecule has 0 aliphatic heterocycles. The summed E-state index contributed by atoms with van der Waals surface area (Å²) in [5.74, 6) is -0.252. The van der Waals surface area contributed by atoms with Crippen molar-refractivity contribution in [2.24, 2.45) is 5.11 Å². The lowest BCUT2D eigenvalue weighted by Gasteiger charge is -2.19. The van der Waals surface area contributed by atoms with Crippen molar-refractivity contribution in [3.8, 4) is 0 Å². The van der Waals surface area contributed by atoms with Crippen LogP contribution in [0.1, 0.15) is 59.3 Å². The molecule has 0 heterocycles. The fourth-order valence-electron chi connectivity index (χ4n) is 1.63.